The molecule has 0 aromatic carbocycles. The highest BCUT2D eigenvalue weighted by Crippen LogP contribution is 2.14. The second-order valence-electron chi connectivity index (χ2n) is 2.82. The van der Waals surface area contributed by atoms with E-state index in [1.165, 1.54) is 19.3 Å². The van der Waals surface area contributed by atoms with Gasteiger partial charge in [-0.3, -0.25) is 4.79 Å². The van der Waals surface area contributed by atoms with Crippen LogP contribution in [0.15, 0.2) is 0 Å². The van der Waals surface area contributed by atoms with Crippen LogP contribution in [0.4, 0.5) is 0 Å². The molecule has 0 aromatic rings. The normalized spacial score (nSPS) is 22.5. The number of carbonyl (C=O) groups is 1. The van der Waals surface area contributed by atoms with E-state index in [0.717, 1.165) is 0 Å². The predicted molar refractivity (Wildman–Crippen MR) is 51.9 cm³/mol. The minimum atomic E-state index is -0.380. The summed E-state index contributed by atoms with van der Waals surface area (Å²) in [7, 11) is 0. The van der Waals surface area contributed by atoms with Crippen LogP contribution in [0.25, 0.3) is 0 Å². The molecule has 2 rings (SSSR count). The van der Waals surface area contributed by atoms with Gasteiger partial charge in [0, 0.05) is 6.54 Å². The Bertz CT molecular complexity index is 179. The number of hydrogen-bond acceptors (Lipinski definition) is 2. The third kappa shape index (κ3) is 6.15. The quantitative estimate of drug-likeness (QED) is 0.621. The molecule has 1 heterocycles. The first-order valence-electron chi connectivity index (χ1n) is 5.02. The molecule has 0 radical (unpaired) electrons. The maximum Gasteiger partial charge on any atom is 0.237 e. The van der Waals surface area contributed by atoms with E-state index in [1.54, 1.807) is 0 Å². The predicted octanol–water partition coefficient (Wildman–Crippen LogP) is 1.84. The van der Waals surface area contributed by atoms with Crippen LogP contribution in [0.2, 0.25) is 0 Å². The number of hydrogen-bond donors (Lipinski definition) is 1. The van der Waals surface area contributed by atoms with Gasteiger partial charge in [-0.25, -0.2) is 0 Å². The fraction of sp³-hybridized carbons (Fsp3) is 0.800. The van der Waals surface area contributed by atoms with Gasteiger partial charge in [-0.15, -0.1) is 0 Å². The summed E-state index contributed by atoms with van der Waals surface area (Å²) in [5, 5.41) is 10.8. The van der Waals surface area contributed by atoms with Crippen molar-refractivity contribution >= 4 is 5.91 Å². The lowest BCUT2D eigenvalue weighted by molar-refractivity contribution is -0.121. The Morgan fingerprint density at radius 3 is 2.08 bits per heavy atom. The maximum absolute atomic E-state index is 10.5. The highest BCUT2D eigenvalue weighted by atomic mass is 16.2. The zero-order valence-electron chi connectivity index (χ0n) is 8.47. The van der Waals surface area contributed by atoms with E-state index in [1.807, 2.05) is 19.9 Å². The van der Waals surface area contributed by atoms with Crippen molar-refractivity contribution in [3.8, 4) is 6.07 Å². The molecule has 1 atom stereocenters. The number of rotatable bonds is 0. The summed E-state index contributed by atoms with van der Waals surface area (Å²) in [6.45, 7) is 4.66. The molecule has 2 aliphatic rings. The summed E-state index contributed by atoms with van der Waals surface area (Å²) < 4.78 is 0. The van der Waals surface area contributed by atoms with Crippen LogP contribution in [0.5, 0.6) is 0 Å². The lowest BCUT2D eigenvalue weighted by Crippen LogP contribution is -2.17. The summed E-state index contributed by atoms with van der Waals surface area (Å²) >= 11 is 0. The summed E-state index contributed by atoms with van der Waals surface area (Å²) in [5.41, 5.74) is 0. The number of nitriles is 1. The Morgan fingerprint density at radius 2 is 1.92 bits per heavy atom. The van der Waals surface area contributed by atoms with Crippen molar-refractivity contribution in [1.82, 2.24) is 5.32 Å². The number of nitrogens with one attached hydrogen (secondary N) is 1. The van der Waals surface area contributed by atoms with Gasteiger partial charge in [0.05, 0.1) is 6.07 Å². The minimum Gasteiger partial charge on any atom is -0.355 e. The number of carbonyl (C=O) groups excluding carboxylic acids is 1. The van der Waals surface area contributed by atoms with Gasteiger partial charge in [0.25, 0.3) is 0 Å². The van der Waals surface area contributed by atoms with Gasteiger partial charge in [0.15, 0.2) is 0 Å². The molecule has 1 saturated carbocycles. The van der Waals surface area contributed by atoms with Crippen molar-refractivity contribution in [1.29, 1.82) is 5.26 Å². The summed E-state index contributed by atoms with van der Waals surface area (Å²) in [5.74, 6) is -0.498. The first-order valence-corrected chi connectivity index (χ1v) is 5.02. The average Bonchev–Trinajstić information content (AvgIpc) is 3.00. The van der Waals surface area contributed by atoms with E-state index >= 15 is 0 Å². The molecule has 0 unspecified atom stereocenters. The topological polar surface area (TPSA) is 52.9 Å². The van der Waals surface area contributed by atoms with E-state index in [-0.39, 0.29) is 11.8 Å². The molecule has 1 amide bonds. The van der Waals surface area contributed by atoms with Crippen molar-refractivity contribution in [2.75, 3.05) is 6.54 Å². The monoisotopic (exact) mass is 182 g/mol. The lowest BCUT2D eigenvalue weighted by atomic mass is 10.1. The molecule has 1 aliphatic heterocycles. The Morgan fingerprint density at radius 1 is 1.38 bits per heavy atom. The zero-order valence-corrected chi connectivity index (χ0v) is 8.47. The highest BCUT2D eigenvalue weighted by molar-refractivity contribution is 5.82. The molecule has 13 heavy (non-hydrogen) atoms. The summed E-state index contributed by atoms with van der Waals surface area (Å²) in [4.78, 5) is 10.5. The van der Waals surface area contributed by atoms with E-state index in [0.29, 0.717) is 13.0 Å². The molecule has 0 spiro atoms. The third-order valence-electron chi connectivity index (χ3n) is 1.56. The largest absolute Gasteiger partial charge is 0.355 e. The van der Waals surface area contributed by atoms with Crippen molar-refractivity contribution < 1.29 is 4.79 Å². The Hall–Kier alpha value is -1.04. The fourth-order valence-corrected chi connectivity index (χ4v) is 0.717. The van der Waals surface area contributed by atoms with Crippen molar-refractivity contribution in [2.24, 2.45) is 5.92 Å². The van der Waals surface area contributed by atoms with Crippen molar-refractivity contribution in [3.05, 3.63) is 0 Å². The Kier molecular flexibility index (Phi) is 6.99. The van der Waals surface area contributed by atoms with Crippen molar-refractivity contribution in [2.45, 2.75) is 39.5 Å². The van der Waals surface area contributed by atoms with Crippen LogP contribution in [-0.2, 0) is 4.79 Å². The smallest absolute Gasteiger partial charge is 0.237 e. The maximum atomic E-state index is 10.5. The minimum absolute atomic E-state index is 0.118. The van der Waals surface area contributed by atoms with Gasteiger partial charge < -0.3 is 5.32 Å². The average molecular weight is 182 g/mol. The molecular formula is C10H18N2O. The van der Waals surface area contributed by atoms with Gasteiger partial charge >= 0.3 is 0 Å². The van der Waals surface area contributed by atoms with Crippen LogP contribution in [0, 0.1) is 17.2 Å². The highest BCUT2D eigenvalue weighted by Gasteiger charge is 2.22. The van der Waals surface area contributed by atoms with Crippen LogP contribution >= 0.6 is 0 Å². The standard InChI is InChI=1S/C5H6N2O.C3H6.C2H6/c6-3-4-1-2-7-5(4)8;1-2-3-1;1-2/h4H,1-2H2,(H,7,8);1-3H2;1-2H3/t4-;;/m0../s1. The molecule has 3 heteroatoms. The van der Waals surface area contributed by atoms with Crippen LogP contribution in [0.1, 0.15) is 39.5 Å². The van der Waals surface area contributed by atoms with E-state index in [2.05, 4.69) is 5.32 Å². The first kappa shape index (κ1) is 12.0. The van der Waals surface area contributed by atoms with E-state index in [4.69, 9.17) is 5.26 Å². The zero-order chi connectivity index (χ0) is 10.1. The molecule has 1 N–H and O–H groups in total. The Labute approximate surface area is 80.1 Å². The van der Waals surface area contributed by atoms with Gasteiger partial charge in [-0.1, -0.05) is 33.1 Å². The molecule has 1 saturated heterocycles. The van der Waals surface area contributed by atoms with Crippen LogP contribution in [-0.4, -0.2) is 12.5 Å². The molecule has 1 aliphatic carbocycles. The molecule has 2 fully saturated rings. The second kappa shape index (κ2) is 7.60. The molecule has 0 bridgehead atoms. The molecule has 0 aromatic heterocycles. The number of nitrogens with zero attached hydrogens (tertiary/aromatic N) is 1. The van der Waals surface area contributed by atoms with E-state index in [9.17, 15) is 4.79 Å². The molecule has 74 valence electrons. The fourth-order valence-electron chi connectivity index (χ4n) is 0.717. The van der Waals surface area contributed by atoms with E-state index < -0.39 is 0 Å². The summed E-state index contributed by atoms with van der Waals surface area (Å²) in [6.07, 6.45) is 5.18. The molecular weight excluding hydrogens is 164 g/mol. The number of amides is 1. The van der Waals surface area contributed by atoms with Gasteiger partial charge in [0.1, 0.15) is 5.92 Å². The summed E-state index contributed by atoms with van der Waals surface area (Å²) in [6, 6.07) is 1.90. The first-order chi connectivity index (χ1) is 6.34. The second-order valence-corrected chi connectivity index (χ2v) is 2.82. The van der Waals surface area contributed by atoms with Gasteiger partial charge in [0.2, 0.25) is 5.91 Å². The van der Waals surface area contributed by atoms with Gasteiger partial charge in [-0.2, -0.15) is 5.26 Å². The van der Waals surface area contributed by atoms with Gasteiger partial charge in [-0.05, 0) is 6.42 Å². The Balaban J connectivity index is 0.000000239. The van der Waals surface area contributed by atoms with Crippen LogP contribution in [0.3, 0.4) is 0 Å². The molecule has 3 nitrogen and oxygen atoms in total. The SMILES string of the molecule is C1CC1.CC.N#C[C@@H]1CCNC1=O. The third-order valence-corrected chi connectivity index (χ3v) is 1.56. The van der Waals surface area contributed by atoms with Crippen molar-refractivity contribution in [3.63, 3.8) is 0 Å². The lowest BCUT2D eigenvalue weighted by Gasteiger charge is -1.87. The van der Waals surface area contributed by atoms with Crippen LogP contribution < -0.4 is 5.32 Å².